The molecule has 0 aliphatic heterocycles. The molecule has 1 aromatic heterocycles. The van der Waals surface area contributed by atoms with E-state index in [1.165, 1.54) is 13.8 Å². The monoisotopic (exact) mass is 264 g/mol. The first-order valence-electron chi connectivity index (χ1n) is 5.20. The molecule has 18 heavy (non-hydrogen) atoms. The zero-order chi connectivity index (χ0) is 13.9. The van der Waals surface area contributed by atoms with E-state index < -0.39 is 30.6 Å². The van der Waals surface area contributed by atoms with Crippen molar-refractivity contribution in [1.82, 2.24) is 9.88 Å². The number of hydrogen-bond acceptors (Lipinski definition) is 2. The summed E-state index contributed by atoms with van der Waals surface area (Å²) in [7, 11) is 0. The predicted octanol–water partition coefficient (Wildman–Crippen LogP) is 2.63. The van der Waals surface area contributed by atoms with Gasteiger partial charge < -0.3 is 4.90 Å². The molecule has 1 heterocycles. The standard InChI is InChI=1S/C11H12F4N2O/c1-7(2)17(6-11(13,14)15)10(18)8-3-4-9(12)16-5-8/h3-5,7H,6H2,1-2H3. The van der Waals surface area contributed by atoms with E-state index in [1.807, 2.05) is 0 Å². The van der Waals surface area contributed by atoms with Crippen molar-refractivity contribution in [3.8, 4) is 0 Å². The lowest BCUT2D eigenvalue weighted by Crippen LogP contribution is -2.43. The lowest BCUT2D eigenvalue weighted by molar-refractivity contribution is -0.143. The first-order valence-corrected chi connectivity index (χ1v) is 5.20. The van der Waals surface area contributed by atoms with Crippen molar-refractivity contribution in [3.63, 3.8) is 0 Å². The highest BCUT2D eigenvalue weighted by Gasteiger charge is 2.34. The molecule has 100 valence electrons. The fraction of sp³-hybridized carbons (Fsp3) is 0.455. The van der Waals surface area contributed by atoms with Crippen molar-refractivity contribution < 1.29 is 22.4 Å². The molecule has 0 aliphatic rings. The van der Waals surface area contributed by atoms with Gasteiger partial charge in [-0.1, -0.05) is 0 Å². The normalized spacial score (nSPS) is 11.7. The average Bonchev–Trinajstić information content (AvgIpc) is 2.24. The Labute approximate surface area is 101 Å². The fourth-order valence-corrected chi connectivity index (χ4v) is 1.35. The van der Waals surface area contributed by atoms with Gasteiger partial charge in [0.05, 0.1) is 5.56 Å². The summed E-state index contributed by atoms with van der Waals surface area (Å²) in [4.78, 5) is 15.7. The maximum absolute atomic E-state index is 12.6. The molecule has 0 unspecified atom stereocenters. The molecule has 0 spiro atoms. The summed E-state index contributed by atoms with van der Waals surface area (Å²) in [6.45, 7) is 1.60. The van der Waals surface area contributed by atoms with E-state index in [9.17, 15) is 22.4 Å². The first-order chi connectivity index (χ1) is 8.20. The third kappa shape index (κ3) is 3.97. The van der Waals surface area contributed by atoms with Gasteiger partial charge in [-0.05, 0) is 26.0 Å². The van der Waals surface area contributed by atoms with Gasteiger partial charge >= 0.3 is 6.18 Å². The Balaban J connectivity index is 2.93. The molecule has 0 saturated carbocycles. The van der Waals surface area contributed by atoms with Crippen molar-refractivity contribution in [2.75, 3.05) is 6.54 Å². The summed E-state index contributed by atoms with van der Waals surface area (Å²) < 4.78 is 49.6. The van der Waals surface area contributed by atoms with Gasteiger partial charge in [-0.3, -0.25) is 4.79 Å². The average molecular weight is 264 g/mol. The lowest BCUT2D eigenvalue weighted by Gasteiger charge is -2.27. The van der Waals surface area contributed by atoms with Crippen LogP contribution in [0.15, 0.2) is 18.3 Å². The summed E-state index contributed by atoms with van der Waals surface area (Å²) in [6.07, 6.45) is -3.56. The molecule has 0 radical (unpaired) electrons. The van der Waals surface area contributed by atoms with Gasteiger partial charge in [0.2, 0.25) is 5.95 Å². The number of halogens is 4. The van der Waals surface area contributed by atoms with Crippen molar-refractivity contribution in [3.05, 3.63) is 29.8 Å². The molecule has 0 aliphatic carbocycles. The van der Waals surface area contributed by atoms with Crippen LogP contribution >= 0.6 is 0 Å². The Bertz CT molecular complexity index is 414. The van der Waals surface area contributed by atoms with Crippen LogP contribution < -0.4 is 0 Å². The molecule has 0 atom stereocenters. The third-order valence-corrected chi connectivity index (χ3v) is 2.21. The topological polar surface area (TPSA) is 33.2 Å². The minimum atomic E-state index is -4.48. The number of aromatic nitrogens is 1. The molecule has 0 bridgehead atoms. The Hall–Kier alpha value is -1.66. The summed E-state index contributed by atoms with van der Waals surface area (Å²) in [5.41, 5.74) is -0.0747. The number of carbonyl (C=O) groups is 1. The minimum absolute atomic E-state index is 0.0747. The summed E-state index contributed by atoms with van der Waals surface area (Å²) in [5, 5.41) is 0. The summed E-state index contributed by atoms with van der Waals surface area (Å²) in [6, 6.07) is 1.42. The smallest absolute Gasteiger partial charge is 0.327 e. The van der Waals surface area contributed by atoms with Crippen molar-refractivity contribution in [2.45, 2.75) is 26.1 Å². The van der Waals surface area contributed by atoms with E-state index in [1.54, 1.807) is 0 Å². The van der Waals surface area contributed by atoms with Gasteiger partial charge in [-0.25, -0.2) is 4.98 Å². The molecule has 0 fully saturated rings. The fourth-order valence-electron chi connectivity index (χ4n) is 1.35. The Kier molecular flexibility index (Phi) is 4.26. The molecule has 1 amide bonds. The number of carbonyl (C=O) groups excluding carboxylic acids is 1. The highest BCUT2D eigenvalue weighted by molar-refractivity contribution is 5.94. The zero-order valence-corrected chi connectivity index (χ0v) is 9.83. The molecule has 0 aromatic carbocycles. The molecular formula is C11H12F4N2O. The molecular weight excluding hydrogens is 252 g/mol. The van der Waals surface area contributed by atoms with E-state index >= 15 is 0 Å². The lowest BCUT2D eigenvalue weighted by atomic mass is 10.2. The third-order valence-electron chi connectivity index (χ3n) is 2.21. The minimum Gasteiger partial charge on any atom is -0.327 e. The quantitative estimate of drug-likeness (QED) is 0.621. The highest BCUT2D eigenvalue weighted by atomic mass is 19.4. The molecule has 0 saturated heterocycles. The second-order valence-electron chi connectivity index (χ2n) is 4.01. The highest BCUT2D eigenvalue weighted by Crippen LogP contribution is 2.19. The second-order valence-corrected chi connectivity index (χ2v) is 4.01. The van der Waals surface area contributed by atoms with Crippen LogP contribution in [0.4, 0.5) is 17.6 Å². The number of alkyl halides is 3. The van der Waals surface area contributed by atoms with E-state index in [0.29, 0.717) is 4.90 Å². The summed E-state index contributed by atoms with van der Waals surface area (Å²) in [5.74, 6) is -1.62. The number of rotatable bonds is 3. The Morgan fingerprint density at radius 3 is 2.39 bits per heavy atom. The molecule has 0 N–H and O–H groups in total. The molecule has 3 nitrogen and oxygen atoms in total. The largest absolute Gasteiger partial charge is 0.406 e. The van der Waals surface area contributed by atoms with Crippen LogP contribution in [0.3, 0.4) is 0 Å². The Morgan fingerprint density at radius 1 is 1.39 bits per heavy atom. The van der Waals surface area contributed by atoms with Crippen molar-refractivity contribution >= 4 is 5.91 Å². The molecule has 7 heteroatoms. The van der Waals surface area contributed by atoms with Crippen molar-refractivity contribution in [2.24, 2.45) is 0 Å². The Morgan fingerprint density at radius 2 is 2.00 bits per heavy atom. The maximum atomic E-state index is 12.6. The summed E-state index contributed by atoms with van der Waals surface area (Å²) >= 11 is 0. The second kappa shape index (κ2) is 5.32. The van der Waals surface area contributed by atoms with E-state index in [2.05, 4.69) is 4.98 Å². The number of hydrogen-bond donors (Lipinski definition) is 0. The van der Waals surface area contributed by atoms with Gasteiger partial charge in [0.15, 0.2) is 0 Å². The van der Waals surface area contributed by atoms with E-state index in [4.69, 9.17) is 0 Å². The first kappa shape index (κ1) is 14.4. The number of nitrogens with zero attached hydrogens (tertiary/aromatic N) is 2. The van der Waals surface area contributed by atoms with Crippen LogP contribution in [-0.4, -0.2) is 34.6 Å². The van der Waals surface area contributed by atoms with Crippen LogP contribution in [0.1, 0.15) is 24.2 Å². The van der Waals surface area contributed by atoms with Crippen LogP contribution in [0.5, 0.6) is 0 Å². The van der Waals surface area contributed by atoms with Gasteiger partial charge in [-0.2, -0.15) is 17.6 Å². The van der Waals surface area contributed by atoms with E-state index in [0.717, 1.165) is 18.3 Å². The predicted molar refractivity (Wildman–Crippen MR) is 56.4 cm³/mol. The van der Waals surface area contributed by atoms with Crippen LogP contribution in [-0.2, 0) is 0 Å². The van der Waals surface area contributed by atoms with Crippen LogP contribution in [0.25, 0.3) is 0 Å². The van der Waals surface area contributed by atoms with Crippen LogP contribution in [0.2, 0.25) is 0 Å². The van der Waals surface area contributed by atoms with Crippen molar-refractivity contribution in [1.29, 1.82) is 0 Å². The molecule has 1 aromatic rings. The van der Waals surface area contributed by atoms with Gasteiger partial charge in [0, 0.05) is 12.2 Å². The van der Waals surface area contributed by atoms with Gasteiger partial charge in [-0.15, -0.1) is 0 Å². The van der Waals surface area contributed by atoms with Crippen LogP contribution in [0, 0.1) is 5.95 Å². The van der Waals surface area contributed by atoms with Gasteiger partial charge in [0.1, 0.15) is 6.54 Å². The SMILES string of the molecule is CC(C)N(CC(F)(F)F)C(=O)c1ccc(F)nc1. The number of amides is 1. The number of pyridine rings is 1. The van der Waals surface area contributed by atoms with E-state index in [-0.39, 0.29) is 5.56 Å². The maximum Gasteiger partial charge on any atom is 0.406 e. The molecule has 1 rings (SSSR count). The zero-order valence-electron chi connectivity index (χ0n) is 9.83. The van der Waals surface area contributed by atoms with Gasteiger partial charge in [0.25, 0.3) is 5.91 Å².